The number of nitro benzene ring substituents is 1. The van der Waals surface area contributed by atoms with Gasteiger partial charge in [-0.3, -0.25) is 14.9 Å². The molecule has 0 fully saturated rings. The summed E-state index contributed by atoms with van der Waals surface area (Å²) in [4.78, 5) is 20.0. The summed E-state index contributed by atoms with van der Waals surface area (Å²) in [7, 11) is 0. The Morgan fingerprint density at radius 3 is 2.36 bits per heavy atom. The van der Waals surface area contributed by atoms with E-state index in [0.717, 1.165) is 0 Å². The molecule has 0 radical (unpaired) electrons. The maximum absolute atomic E-state index is 10.4. The molecule has 4 nitrogen and oxygen atoms in total. The second kappa shape index (κ2) is 2.92. The molecule has 56 valence electrons. The van der Waals surface area contributed by atoms with E-state index in [2.05, 4.69) is 0 Å². The van der Waals surface area contributed by atoms with E-state index in [9.17, 15) is 14.9 Å². The molecule has 0 atom stereocenters. The van der Waals surface area contributed by atoms with E-state index in [4.69, 9.17) is 1.37 Å². The van der Waals surface area contributed by atoms with Gasteiger partial charge in [0.15, 0.2) is 0 Å². The van der Waals surface area contributed by atoms with Crippen LogP contribution in [0.1, 0.15) is 11.7 Å². The minimum atomic E-state index is -0.843. The molecule has 0 heterocycles. The van der Waals surface area contributed by atoms with Gasteiger partial charge in [0.2, 0.25) is 0 Å². The number of hydrogen-bond acceptors (Lipinski definition) is 3. The van der Waals surface area contributed by atoms with E-state index in [1.165, 1.54) is 24.3 Å². The topological polar surface area (TPSA) is 60.2 Å². The predicted molar refractivity (Wildman–Crippen MR) is 38.5 cm³/mol. The van der Waals surface area contributed by atoms with Crippen molar-refractivity contribution in [3.63, 3.8) is 0 Å². The van der Waals surface area contributed by atoms with E-state index in [-0.39, 0.29) is 11.3 Å². The Bertz CT molecular complexity index is 287. The molecule has 1 rings (SSSR count). The lowest BCUT2D eigenvalue weighted by atomic mass is 10.2. The molecular formula is C7H5NO3. The lowest BCUT2D eigenvalue weighted by Gasteiger charge is -1.89. The Balaban J connectivity index is 3.01. The lowest BCUT2D eigenvalue weighted by molar-refractivity contribution is -0.384. The van der Waals surface area contributed by atoms with Crippen LogP contribution in [0, 0.1) is 10.1 Å². The van der Waals surface area contributed by atoms with Gasteiger partial charge in [-0.25, -0.2) is 0 Å². The van der Waals surface area contributed by atoms with Crippen LogP contribution in [-0.4, -0.2) is 11.2 Å². The van der Waals surface area contributed by atoms with Crippen molar-refractivity contribution in [2.45, 2.75) is 0 Å². The number of nitro groups is 1. The summed E-state index contributed by atoms with van der Waals surface area (Å²) in [5, 5.41) is 10.2. The Morgan fingerprint density at radius 2 is 2.00 bits per heavy atom. The van der Waals surface area contributed by atoms with Gasteiger partial charge in [-0.2, -0.15) is 0 Å². The van der Waals surface area contributed by atoms with Gasteiger partial charge in [0.25, 0.3) is 5.69 Å². The number of rotatable bonds is 2. The minimum absolute atomic E-state index is 0.0833. The average molecular weight is 152 g/mol. The molecule has 0 aliphatic carbocycles. The molecule has 0 aliphatic rings. The molecule has 4 heteroatoms. The SMILES string of the molecule is [2H]C(=O)c1ccc([N+](=O)[O-])cc1. The molecule has 0 spiro atoms. The van der Waals surface area contributed by atoms with Gasteiger partial charge in [-0.05, 0) is 12.1 Å². The first-order chi connectivity index (χ1) is 5.61. The lowest BCUT2D eigenvalue weighted by Crippen LogP contribution is -1.87. The van der Waals surface area contributed by atoms with Crippen molar-refractivity contribution >= 4 is 11.9 Å². The highest BCUT2D eigenvalue weighted by Crippen LogP contribution is 2.09. The number of benzene rings is 1. The summed E-state index contributed by atoms with van der Waals surface area (Å²) in [5.74, 6) is 0. The van der Waals surface area contributed by atoms with Crippen LogP contribution in [0.4, 0.5) is 5.69 Å². The van der Waals surface area contributed by atoms with Gasteiger partial charge >= 0.3 is 0 Å². The Morgan fingerprint density at radius 1 is 1.45 bits per heavy atom. The quantitative estimate of drug-likeness (QED) is 0.365. The summed E-state index contributed by atoms with van der Waals surface area (Å²) >= 11 is 0. The van der Waals surface area contributed by atoms with Gasteiger partial charge < -0.3 is 0 Å². The predicted octanol–water partition coefficient (Wildman–Crippen LogP) is 1.41. The van der Waals surface area contributed by atoms with Gasteiger partial charge in [0, 0.05) is 17.7 Å². The molecule has 1 aromatic carbocycles. The molecule has 0 unspecified atom stereocenters. The summed E-state index contributed by atoms with van der Waals surface area (Å²) < 4.78 is 6.69. The van der Waals surface area contributed by atoms with Crippen molar-refractivity contribution in [3.8, 4) is 0 Å². The first-order valence-electron chi connectivity index (χ1n) is 3.36. The standard InChI is InChI=1S/C7H5NO3/c9-5-6-1-3-7(4-2-6)8(10)11/h1-5H/i5D. The number of non-ortho nitro benzene ring substituents is 1. The number of carbonyl (C=O) groups is 1. The first-order valence-corrected chi connectivity index (χ1v) is 2.86. The van der Waals surface area contributed by atoms with Crippen molar-refractivity contribution < 1.29 is 11.1 Å². The molecule has 11 heavy (non-hydrogen) atoms. The van der Waals surface area contributed by atoms with Crippen molar-refractivity contribution in [2.24, 2.45) is 0 Å². The molecule has 0 bridgehead atoms. The summed E-state index contributed by atoms with van der Waals surface area (Å²) in [6.45, 7) is 0. The fraction of sp³-hybridized carbons (Fsp3) is 0. The zero-order valence-electron chi connectivity index (χ0n) is 6.48. The smallest absolute Gasteiger partial charge is 0.269 e. The van der Waals surface area contributed by atoms with Gasteiger partial charge in [0.1, 0.15) is 7.63 Å². The molecular weight excluding hydrogens is 146 g/mol. The molecule has 1 aromatic rings. The van der Waals surface area contributed by atoms with Crippen LogP contribution in [0.3, 0.4) is 0 Å². The van der Waals surface area contributed by atoms with E-state index in [1.807, 2.05) is 0 Å². The normalized spacial score (nSPS) is 10.4. The zero-order valence-corrected chi connectivity index (χ0v) is 5.48. The Kier molecular flexibility index (Phi) is 1.60. The molecule has 0 aliphatic heterocycles. The van der Waals surface area contributed by atoms with E-state index in [1.54, 1.807) is 0 Å². The molecule has 0 N–H and O–H groups in total. The number of aldehydes is 1. The first kappa shape index (κ1) is 6.03. The summed E-state index contributed by atoms with van der Waals surface area (Å²) in [5.41, 5.74) is 0.0700. The van der Waals surface area contributed by atoms with Crippen molar-refractivity contribution in [1.29, 1.82) is 0 Å². The third kappa shape index (κ3) is 1.61. The third-order valence-electron chi connectivity index (χ3n) is 1.20. The van der Waals surface area contributed by atoms with Crippen molar-refractivity contribution in [1.82, 2.24) is 0 Å². The van der Waals surface area contributed by atoms with Crippen LogP contribution in [0.2, 0.25) is 0 Å². The summed E-state index contributed by atoms with van der Waals surface area (Å²) in [6.07, 6.45) is -0.843. The van der Waals surface area contributed by atoms with Crippen LogP contribution in [0.5, 0.6) is 0 Å². The van der Waals surface area contributed by atoms with E-state index in [0.29, 0.717) is 0 Å². The second-order valence-corrected chi connectivity index (χ2v) is 1.91. The van der Waals surface area contributed by atoms with Crippen molar-refractivity contribution in [3.05, 3.63) is 39.9 Å². The zero-order chi connectivity index (χ0) is 9.14. The largest absolute Gasteiger partial charge is 0.298 e. The maximum Gasteiger partial charge on any atom is 0.269 e. The molecule has 0 amide bonds. The second-order valence-electron chi connectivity index (χ2n) is 1.91. The van der Waals surface area contributed by atoms with Gasteiger partial charge in [-0.1, -0.05) is 0 Å². The molecule has 0 saturated heterocycles. The fourth-order valence-electron chi connectivity index (χ4n) is 0.651. The monoisotopic (exact) mass is 152 g/mol. The number of carbonyl (C=O) groups excluding carboxylic acids is 1. The molecule has 0 saturated carbocycles. The van der Waals surface area contributed by atoms with Crippen LogP contribution in [-0.2, 0) is 0 Å². The summed E-state index contributed by atoms with van der Waals surface area (Å²) in [6, 6.07) is 4.91. The highest BCUT2D eigenvalue weighted by molar-refractivity contribution is 5.75. The minimum Gasteiger partial charge on any atom is -0.298 e. The van der Waals surface area contributed by atoms with Gasteiger partial charge in [0.05, 0.1) is 4.92 Å². The molecule has 0 aromatic heterocycles. The Labute approximate surface area is 64.0 Å². The van der Waals surface area contributed by atoms with Crippen molar-refractivity contribution in [2.75, 3.05) is 0 Å². The van der Waals surface area contributed by atoms with Crippen LogP contribution in [0.25, 0.3) is 0 Å². The number of nitrogens with zero attached hydrogens (tertiary/aromatic N) is 1. The maximum atomic E-state index is 10.4. The van der Waals surface area contributed by atoms with Crippen LogP contribution >= 0.6 is 0 Å². The van der Waals surface area contributed by atoms with Gasteiger partial charge in [-0.15, -0.1) is 0 Å². The number of hydrogen-bond donors (Lipinski definition) is 0. The highest BCUT2D eigenvalue weighted by atomic mass is 16.6. The van der Waals surface area contributed by atoms with Crippen LogP contribution < -0.4 is 0 Å². The van der Waals surface area contributed by atoms with E-state index < -0.39 is 11.2 Å². The fourth-order valence-corrected chi connectivity index (χ4v) is 0.651. The van der Waals surface area contributed by atoms with E-state index >= 15 is 0 Å². The van der Waals surface area contributed by atoms with Crippen LogP contribution in [0.15, 0.2) is 24.3 Å². The third-order valence-corrected chi connectivity index (χ3v) is 1.20. The average Bonchev–Trinajstić information content (AvgIpc) is 2.04. The highest BCUT2D eigenvalue weighted by Gasteiger charge is 2.02. The Hall–Kier alpha value is -1.71.